The molecule has 0 spiro atoms. The third-order valence-electron chi connectivity index (χ3n) is 3.67. The SMILES string of the molecule is O=C(O)c1cc(S(=O)(=O)O)ccc1C(=O)Oc1ccc2ccccc2c1. The fraction of sp³-hybridized carbons (Fsp3) is 0. The molecule has 0 aliphatic carbocycles. The summed E-state index contributed by atoms with van der Waals surface area (Å²) in [6.07, 6.45) is 0. The summed E-state index contributed by atoms with van der Waals surface area (Å²) >= 11 is 0. The number of ether oxygens (including phenoxy) is 1. The Bertz CT molecular complexity index is 1130. The van der Waals surface area contributed by atoms with Gasteiger partial charge < -0.3 is 9.84 Å². The number of carboxylic acid groups (broad SMARTS) is 1. The Labute approximate surface area is 148 Å². The van der Waals surface area contributed by atoms with Crippen LogP contribution in [0.1, 0.15) is 20.7 Å². The maximum Gasteiger partial charge on any atom is 0.344 e. The van der Waals surface area contributed by atoms with Crippen molar-refractivity contribution in [2.24, 2.45) is 0 Å². The molecule has 0 radical (unpaired) electrons. The average Bonchev–Trinajstić information content (AvgIpc) is 2.60. The molecule has 0 saturated carbocycles. The third kappa shape index (κ3) is 3.56. The lowest BCUT2D eigenvalue weighted by Gasteiger charge is -2.09. The first-order chi connectivity index (χ1) is 12.3. The van der Waals surface area contributed by atoms with Gasteiger partial charge >= 0.3 is 11.9 Å². The fourth-order valence-corrected chi connectivity index (χ4v) is 2.94. The van der Waals surface area contributed by atoms with E-state index in [0.29, 0.717) is 6.07 Å². The van der Waals surface area contributed by atoms with Crippen LogP contribution in [0.2, 0.25) is 0 Å². The molecule has 3 rings (SSSR count). The van der Waals surface area contributed by atoms with Gasteiger partial charge in [-0.1, -0.05) is 30.3 Å². The average molecular weight is 372 g/mol. The molecule has 0 aliphatic rings. The highest BCUT2D eigenvalue weighted by Gasteiger charge is 2.22. The topological polar surface area (TPSA) is 118 Å². The summed E-state index contributed by atoms with van der Waals surface area (Å²) in [5.41, 5.74) is -0.927. The minimum Gasteiger partial charge on any atom is -0.478 e. The van der Waals surface area contributed by atoms with Gasteiger partial charge in [0.2, 0.25) is 0 Å². The van der Waals surface area contributed by atoms with Gasteiger partial charge in [0, 0.05) is 0 Å². The molecule has 0 unspecified atom stereocenters. The van der Waals surface area contributed by atoms with Gasteiger partial charge in [0.05, 0.1) is 16.0 Å². The molecule has 3 aromatic rings. The van der Waals surface area contributed by atoms with E-state index in [0.717, 1.165) is 22.9 Å². The van der Waals surface area contributed by atoms with Gasteiger partial charge in [-0.25, -0.2) is 9.59 Å². The van der Waals surface area contributed by atoms with E-state index < -0.39 is 32.5 Å². The second-order valence-corrected chi connectivity index (χ2v) is 6.81. The van der Waals surface area contributed by atoms with Crippen LogP contribution in [0.25, 0.3) is 10.8 Å². The first-order valence-corrected chi connectivity index (χ1v) is 8.75. The van der Waals surface area contributed by atoms with E-state index in [1.54, 1.807) is 18.2 Å². The molecule has 0 saturated heterocycles. The highest BCUT2D eigenvalue weighted by atomic mass is 32.2. The lowest BCUT2D eigenvalue weighted by molar-refractivity contribution is 0.0667. The standard InChI is InChI=1S/C18H12O7S/c19-17(20)16-10-14(26(22,23)24)7-8-15(16)18(21)25-13-6-5-11-3-1-2-4-12(11)9-13/h1-10H,(H,19,20)(H,22,23,24). The van der Waals surface area contributed by atoms with E-state index in [9.17, 15) is 23.1 Å². The molecule has 0 amide bonds. The number of benzene rings is 3. The van der Waals surface area contributed by atoms with Crippen LogP contribution in [0.4, 0.5) is 0 Å². The molecule has 2 N–H and O–H groups in total. The normalized spacial score (nSPS) is 11.3. The summed E-state index contributed by atoms with van der Waals surface area (Å²) in [5, 5.41) is 11.0. The number of hydrogen-bond donors (Lipinski definition) is 2. The van der Waals surface area contributed by atoms with Crippen molar-refractivity contribution < 1.29 is 32.4 Å². The Morgan fingerprint density at radius 3 is 2.19 bits per heavy atom. The largest absolute Gasteiger partial charge is 0.478 e. The summed E-state index contributed by atoms with van der Waals surface area (Å²) in [6.45, 7) is 0. The van der Waals surface area contributed by atoms with Gasteiger partial charge in [-0.3, -0.25) is 4.55 Å². The minimum atomic E-state index is -4.60. The molecule has 0 aliphatic heterocycles. The Morgan fingerprint density at radius 1 is 0.846 bits per heavy atom. The number of esters is 1. The smallest absolute Gasteiger partial charge is 0.344 e. The number of carboxylic acids is 1. The van der Waals surface area contributed by atoms with E-state index in [4.69, 9.17) is 9.29 Å². The summed E-state index contributed by atoms with van der Waals surface area (Å²) in [4.78, 5) is 23.1. The summed E-state index contributed by atoms with van der Waals surface area (Å²) in [5.74, 6) is -2.27. The van der Waals surface area contributed by atoms with Crippen LogP contribution in [-0.4, -0.2) is 30.0 Å². The molecule has 8 heteroatoms. The molecule has 3 aromatic carbocycles. The monoisotopic (exact) mass is 372 g/mol. The number of rotatable bonds is 4. The zero-order valence-electron chi connectivity index (χ0n) is 13.1. The fourth-order valence-electron chi connectivity index (χ4n) is 2.43. The molecule has 0 heterocycles. The van der Waals surface area contributed by atoms with Crippen LogP contribution >= 0.6 is 0 Å². The van der Waals surface area contributed by atoms with Gasteiger partial charge in [0.1, 0.15) is 5.75 Å². The molecular formula is C18H12O7S. The van der Waals surface area contributed by atoms with E-state index in [1.807, 2.05) is 24.3 Å². The van der Waals surface area contributed by atoms with Crippen LogP contribution in [0.5, 0.6) is 5.75 Å². The third-order valence-corrected chi connectivity index (χ3v) is 4.52. The van der Waals surface area contributed by atoms with Crippen molar-refractivity contribution in [2.75, 3.05) is 0 Å². The minimum absolute atomic E-state index is 0.212. The highest BCUT2D eigenvalue weighted by Crippen LogP contribution is 2.23. The quantitative estimate of drug-likeness (QED) is 0.410. The van der Waals surface area contributed by atoms with Crippen molar-refractivity contribution in [2.45, 2.75) is 4.90 Å². The summed E-state index contributed by atoms with van der Waals surface area (Å²) in [7, 11) is -4.60. The molecule has 0 aromatic heterocycles. The van der Waals surface area contributed by atoms with Gasteiger partial charge in [-0.15, -0.1) is 0 Å². The van der Waals surface area contributed by atoms with Gasteiger partial charge in [-0.2, -0.15) is 8.42 Å². The van der Waals surface area contributed by atoms with Crippen molar-refractivity contribution in [1.29, 1.82) is 0 Å². The van der Waals surface area contributed by atoms with Gasteiger partial charge in [-0.05, 0) is 41.1 Å². The lowest BCUT2D eigenvalue weighted by Crippen LogP contribution is -2.15. The number of aromatic carboxylic acids is 1. The second kappa shape index (κ2) is 6.58. The zero-order chi connectivity index (χ0) is 18.9. The van der Waals surface area contributed by atoms with Crippen LogP contribution < -0.4 is 4.74 Å². The van der Waals surface area contributed by atoms with E-state index in [2.05, 4.69) is 0 Å². The first kappa shape index (κ1) is 17.6. The number of fused-ring (bicyclic) bond motifs is 1. The Kier molecular flexibility index (Phi) is 4.45. The molecule has 132 valence electrons. The molecule has 0 bridgehead atoms. The van der Waals surface area contributed by atoms with Crippen molar-refractivity contribution in [1.82, 2.24) is 0 Å². The van der Waals surface area contributed by atoms with Gasteiger partial charge in [0.25, 0.3) is 10.1 Å². The Hall–Kier alpha value is -3.23. The van der Waals surface area contributed by atoms with Crippen LogP contribution in [0.3, 0.4) is 0 Å². The maximum atomic E-state index is 12.3. The Morgan fingerprint density at radius 2 is 1.54 bits per heavy atom. The van der Waals surface area contributed by atoms with Crippen LogP contribution in [-0.2, 0) is 10.1 Å². The predicted octanol–water partition coefficient (Wildman–Crippen LogP) is 3.00. The number of carbonyl (C=O) groups is 2. The van der Waals surface area contributed by atoms with E-state index in [1.165, 1.54) is 0 Å². The van der Waals surface area contributed by atoms with Gasteiger partial charge in [0.15, 0.2) is 0 Å². The first-order valence-electron chi connectivity index (χ1n) is 7.31. The van der Waals surface area contributed by atoms with Crippen molar-refractivity contribution in [3.63, 3.8) is 0 Å². The molecule has 26 heavy (non-hydrogen) atoms. The van der Waals surface area contributed by atoms with Crippen LogP contribution in [0.15, 0.2) is 65.6 Å². The molecular weight excluding hydrogens is 360 g/mol. The second-order valence-electron chi connectivity index (χ2n) is 5.39. The molecule has 0 fully saturated rings. The number of carbonyl (C=O) groups excluding carboxylic acids is 1. The number of hydrogen-bond acceptors (Lipinski definition) is 5. The molecule has 7 nitrogen and oxygen atoms in total. The lowest BCUT2D eigenvalue weighted by atomic mass is 10.1. The van der Waals surface area contributed by atoms with Crippen molar-refractivity contribution in [3.8, 4) is 5.75 Å². The van der Waals surface area contributed by atoms with E-state index >= 15 is 0 Å². The summed E-state index contributed by atoms with van der Waals surface area (Å²) < 4.78 is 36.5. The Balaban J connectivity index is 1.97. The van der Waals surface area contributed by atoms with Crippen molar-refractivity contribution >= 4 is 32.8 Å². The predicted molar refractivity (Wildman–Crippen MR) is 92.1 cm³/mol. The van der Waals surface area contributed by atoms with Crippen LogP contribution in [0, 0.1) is 0 Å². The molecule has 0 atom stereocenters. The maximum absolute atomic E-state index is 12.3. The van der Waals surface area contributed by atoms with Crippen molar-refractivity contribution in [3.05, 3.63) is 71.8 Å². The highest BCUT2D eigenvalue weighted by molar-refractivity contribution is 7.85. The van der Waals surface area contributed by atoms with E-state index in [-0.39, 0.29) is 11.3 Å². The zero-order valence-corrected chi connectivity index (χ0v) is 13.9. The summed E-state index contributed by atoms with van der Waals surface area (Å²) in [6, 6.07) is 15.0.